The molecule has 0 amide bonds. The Morgan fingerprint density at radius 2 is 0.867 bits per heavy atom. The maximum atomic E-state index is 6.31. The summed E-state index contributed by atoms with van der Waals surface area (Å²) in [5, 5.41) is 0. The van der Waals surface area contributed by atoms with Gasteiger partial charge in [-0.1, -0.05) is 0 Å². The second kappa shape index (κ2) is 16.6. The Kier molecular flexibility index (Phi) is 16.6. The van der Waals surface area contributed by atoms with E-state index in [1.807, 2.05) is 0 Å². The number of hydrogen-bond donors (Lipinski definition) is 0. The molecule has 0 N–H and O–H groups in total. The predicted octanol–water partition coefficient (Wildman–Crippen LogP) is 4.05. The summed E-state index contributed by atoms with van der Waals surface area (Å²) in [5.41, 5.74) is 0.202. The molecule has 0 fully saturated rings. The molecule has 0 aliphatic rings. The molecule has 7 heteroatoms. The topological polar surface area (TPSA) is 37.4 Å². The van der Waals surface area contributed by atoms with Gasteiger partial charge < -0.3 is 28.0 Å². The molecule has 0 bridgehead atoms. The molecule has 0 aliphatic heterocycles. The first kappa shape index (κ1) is 30.0. The van der Waals surface area contributed by atoms with Gasteiger partial charge in [-0.15, -0.1) is 0 Å². The zero-order valence-electron chi connectivity index (χ0n) is 21.8. The third-order valence-electron chi connectivity index (χ3n) is 5.62. The highest BCUT2D eigenvalue weighted by Gasteiger charge is 2.48. The van der Waals surface area contributed by atoms with Crippen LogP contribution in [-0.2, 0) is 13.3 Å². The highest BCUT2D eigenvalue weighted by atomic mass is 28.4. The predicted molar refractivity (Wildman–Crippen MR) is 131 cm³/mol. The van der Waals surface area contributed by atoms with Gasteiger partial charge in [0.25, 0.3) is 0 Å². The van der Waals surface area contributed by atoms with Gasteiger partial charge in [-0.3, -0.25) is 0 Å². The summed E-state index contributed by atoms with van der Waals surface area (Å²) in [6.45, 7) is 11.5. The van der Waals surface area contributed by atoms with Crippen LogP contribution >= 0.6 is 0 Å². The monoisotopic (exact) mass is 447 g/mol. The summed E-state index contributed by atoms with van der Waals surface area (Å²) in [6.07, 6.45) is 7.21. The van der Waals surface area contributed by atoms with E-state index in [2.05, 4.69) is 77.8 Å². The lowest BCUT2D eigenvalue weighted by Gasteiger charge is -2.41. The molecular formula is C23H53N3O3Si. The summed E-state index contributed by atoms with van der Waals surface area (Å²) in [6, 6.07) is 0.934. The Bertz CT molecular complexity index is 356. The van der Waals surface area contributed by atoms with Gasteiger partial charge in [0.05, 0.1) is 0 Å². The molecule has 0 radical (unpaired) electrons. The maximum absolute atomic E-state index is 6.31. The number of hydrogen-bond acceptors (Lipinski definition) is 6. The van der Waals surface area contributed by atoms with Gasteiger partial charge >= 0.3 is 8.80 Å². The van der Waals surface area contributed by atoms with E-state index in [9.17, 15) is 0 Å². The van der Waals surface area contributed by atoms with E-state index in [1.165, 1.54) is 38.5 Å². The fourth-order valence-corrected chi connectivity index (χ4v) is 7.67. The van der Waals surface area contributed by atoms with Crippen LogP contribution in [0.15, 0.2) is 0 Å². The SMILES string of the molecule is CCO[Si](CC(CCCN(C)C)(CCCN(C)C)CCCN(C)C)(OCC)OCC. The van der Waals surface area contributed by atoms with Crippen molar-refractivity contribution in [3.8, 4) is 0 Å². The first-order valence-corrected chi connectivity index (χ1v) is 13.9. The Hall–Kier alpha value is -0.0231. The molecular weight excluding hydrogens is 394 g/mol. The van der Waals surface area contributed by atoms with Gasteiger partial charge in [-0.2, -0.15) is 0 Å². The standard InChI is InChI=1S/C23H53N3O3Si/c1-10-27-30(28-11-2,29-12-3)22-23(16-13-19-24(4)5,17-14-20-25(6)7)18-15-21-26(8)9/h10-22H2,1-9H3. The quantitative estimate of drug-likeness (QED) is 0.262. The molecule has 0 spiro atoms. The maximum Gasteiger partial charge on any atom is 0.501 e. The van der Waals surface area contributed by atoms with Crippen LogP contribution in [0.3, 0.4) is 0 Å². The zero-order chi connectivity index (χ0) is 23.0. The molecule has 0 aromatic rings. The van der Waals surface area contributed by atoms with E-state index in [-0.39, 0.29) is 5.41 Å². The molecule has 0 rings (SSSR count). The van der Waals surface area contributed by atoms with Gasteiger partial charge in [0.15, 0.2) is 0 Å². The Morgan fingerprint density at radius 1 is 0.567 bits per heavy atom. The van der Waals surface area contributed by atoms with Gasteiger partial charge in [-0.05, 0) is 127 Å². The molecule has 6 nitrogen and oxygen atoms in total. The Balaban J connectivity index is 5.75. The van der Waals surface area contributed by atoms with Crippen LogP contribution in [0.4, 0.5) is 0 Å². The molecule has 0 aromatic carbocycles. The highest BCUT2D eigenvalue weighted by molar-refractivity contribution is 6.60. The van der Waals surface area contributed by atoms with Crippen LogP contribution in [-0.4, -0.2) is 105 Å². The normalized spacial score (nSPS) is 13.2. The van der Waals surface area contributed by atoms with E-state index in [4.69, 9.17) is 13.3 Å². The van der Waals surface area contributed by atoms with E-state index in [0.29, 0.717) is 19.8 Å². The fourth-order valence-electron chi connectivity index (χ4n) is 4.35. The van der Waals surface area contributed by atoms with Crippen LogP contribution in [0.2, 0.25) is 6.04 Å². The van der Waals surface area contributed by atoms with E-state index in [1.54, 1.807) is 0 Å². The number of rotatable bonds is 20. The molecule has 30 heavy (non-hydrogen) atoms. The molecule has 182 valence electrons. The molecule has 0 atom stereocenters. The third-order valence-corrected chi connectivity index (χ3v) is 8.99. The second-order valence-corrected chi connectivity index (χ2v) is 12.0. The van der Waals surface area contributed by atoms with Crippen molar-refractivity contribution in [3.63, 3.8) is 0 Å². The lowest BCUT2D eigenvalue weighted by molar-refractivity contribution is 0.0515. The first-order chi connectivity index (χ1) is 14.1. The van der Waals surface area contributed by atoms with Crippen molar-refractivity contribution in [2.24, 2.45) is 5.41 Å². The van der Waals surface area contributed by atoms with E-state index < -0.39 is 8.80 Å². The summed E-state index contributed by atoms with van der Waals surface area (Å²) >= 11 is 0. The van der Waals surface area contributed by atoms with E-state index in [0.717, 1.165) is 25.7 Å². The third kappa shape index (κ3) is 13.4. The average Bonchev–Trinajstić information content (AvgIpc) is 2.61. The summed E-state index contributed by atoms with van der Waals surface area (Å²) in [4.78, 5) is 6.88. The van der Waals surface area contributed by atoms with Crippen LogP contribution in [0.1, 0.15) is 59.3 Å². The van der Waals surface area contributed by atoms with Crippen LogP contribution in [0, 0.1) is 5.41 Å². The Morgan fingerprint density at radius 3 is 1.10 bits per heavy atom. The minimum absolute atomic E-state index is 0.202. The molecule has 0 saturated carbocycles. The smallest absolute Gasteiger partial charge is 0.374 e. The molecule has 0 aliphatic carbocycles. The average molecular weight is 448 g/mol. The molecule has 0 heterocycles. The number of nitrogens with zero attached hydrogens (tertiary/aromatic N) is 3. The van der Waals surface area contributed by atoms with Crippen LogP contribution in [0.5, 0.6) is 0 Å². The fraction of sp³-hybridized carbons (Fsp3) is 1.00. The van der Waals surface area contributed by atoms with Crippen molar-refractivity contribution < 1.29 is 13.3 Å². The van der Waals surface area contributed by atoms with Crippen molar-refractivity contribution in [3.05, 3.63) is 0 Å². The minimum Gasteiger partial charge on any atom is -0.374 e. The second-order valence-electron chi connectivity index (χ2n) is 9.38. The summed E-state index contributed by atoms with van der Waals surface area (Å²) in [7, 11) is 10.3. The molecule has 0 unspecified atom stereocenters. The van der Waals surface area contributed by atoms with Gasteiger partial charge in [0.1, 0.15) is 0 Å². The minimum atomic E-state index is -2.70. The highest BCUT2D eigenvalue weighted by Crippen LogP contribution is 2.44. The summed E-state index contributed by atoms with van der Waals surface area (Å²) < 4.78 is 18.9. The van der Waals surface area contributed by atoms with Crippen LogP contribution in [0.25, 0.3) is 0 Å². The first-order valence-electron chi connectivity index (χ1n) is 12.0. The van der Waals surface area contributed by atoms with Crippen molar-refractivity contribution in [1.82, 2.24) is 14.7 Å². The van der Waals surface area contributed by atoms with Gasteiger partial charge in [0.2, 0.25) is 0 Å². The van der Waals surface area contributed by atoms with Crippen molar-refractivity contribution in [2.75, 3.05) is 81.7 Å². The summed E-state index contributed by atoms with van der Waals surface area (Å²) in [5.74, 6) is 0. The van der Waals surface area contributed by atoms with Crippen molar-refractivity contribution in [1.29, 1.82) is 0 Å². The zero-order valence-corrected chi connectivity index (χ0v) is 22.8. The Labute approximate surface area is 189 Å². The van der Waals surface area contributed by atoms with Crippen LogP contribution < -0.4 is 0 Å². The van der Waals surface area contributed by atoms with Gasteiger partial charge in [-0.25, -0.2) is 0 Å². The van der Waals surface area contributed by atoms with Crippen molar-refractivity contribution >= 4 is 8.80 Å². The van der Waals surface area contributed by atoms with E-state index >= 15 is 0 Å². The largest absolute Gasteiger partial charge is 0.501 e. The lowest BCUT2D eigenvalue weighted by atomic mass is 9.76. The van der Waals surface area contributed by atoms with Crippen molar-refractivity contribution in [2.45, 2.75) is 65.3 Å². The lowest BCUT2D eigenvalue weighted by Crippen LogP contribution is -2.50. The molecule has 0 aromatic heterocycles. The molecule has 0 saturated heterocycles. The van der Waals surface area contributed by atoms with Gasteiger partial charge in [0, 0.05) is 25.9 Å².